The normalized spacial score (nSPS) is 11.5. The van der Waals surface area contributed by atoms with Crippen molar-refractivity contribution in [3.05, 3.63) is 200 Å². The molecule has 10 rings (SSSR count). The first-order valence-corrected chi connectivity index (χ1v) is 18.6. The molecule has 0 aliphatic carbocycles. The quantitative estimate of drug-likeness (QED) is 0.158. The van der Waals surface area contributed by atoms with E-state index < -0.39 is 0 Å². The van der Waals surface area contributed by atoms with Crippen molar-refractivity contribution in [3.8, 4) is 33.4 Å². The number of thiophene rings is 1. The van der Waals surface area contributed by atoms with Gasteiger partial charge in [-0.25, -0.2) is 0 Å². The monoisotopic (exact) mass is 679 g/mol. The first-order valence-electron chi connectivity index (χ1n) is 17.8. The lowest BCUT2D eigenvalue weighted by atomic mass is 9.93. The number of benzene rings is 9. The molecule has 0 bridgehead atoms. The third kappa shape index (κ3) is 5.24. The zero-order chi connectivity index (χ0) is 34.4. The number of rotatable bonds is 6. The van der Waals surface area contributed by atoms with Gasteiger partial charge in [0, 0.05) is 37.2 Å². The molecule has 0 fully saturated rings. The summed E-state index contributed by atoms with van der Waals surface area (Å²) in [7, 11) is 0. The minimum Gasteiger partial charge on any atom is -0.310 e. The van der Waals surface area contributed by atoms with Gasteiger partial charge in [0.1, 0.15) is 0 Å². The van der Waals surface area contributed by atoms with Gasteiger partial charge in [0.2, 0.25) is 0 Å². The summed E-state index contributed by atoms with van der Waals surface area (Å²) in [4.78, 5) is 2.44. The fourth-order valence-corrected chi connectivity index (χ4v) is 8.96. The molecule has 10 aromatic rings. The molecule has 0 radical (unpaired) electrons. The molecule has 0 spiro atoms. The Bertz CT molecular complexity index is 2890. The van der Waals surface area contributed by atoms with E-state index in [0.29, 0.717) is 0 Å². The van der Waals surface area contributed by atoms with Crippen molar-refractivity contribution in [1.29, 1.82) is 0 Å². The summed E-state index contributed by atoms with van der Waals surface area (Å²) < 4.78 is 2.61. The highest BCUT2D eigenvalue weighted by Crippen LogP contribution is 2.45. The Morgan fingerprint density at radius 2 is 0.827 bits per heavy atom. The van der Waals surface area contributed by atoms with Crippen LogP contribution in [0.4, 0.5) is 17.1 Å². The van der Waals surface area contributed by atoms with Crippen molar-refractivity contribution in [2.75, 3.05) is 4.90 Å². The van der Waals surface area contributed by atoms with E-state index in [1.54, 1.807) is 0 Å². The zero-order valence-electron chi connectivity index (χ0n) is 28.4. The highest BCUT2D eigenvalue weighted by atomic mass is 32.1. The molecule has 0 aliphatic rings. The highest BCUT2D eigenvalue weighted by Gasteiger charge is 2.19. The third-order valence-corrected chi connectivity index (χ3v) is 11.5. The van der Waals surface area contributed by atoms with Gasteiger partial charge in [0.25, 0.3) is 0 Å². The minimum atomic E-state index is 1.11. The van der Waals surface area contributed by atoms with E-state index in [1.807, 2.05) is 11.3 Å². The Kier molecular flexibility index (Phi) is 7.41. The third-order valence-electron chi connectivity index (χ3n) is 10.2. The van der Waals surface area contributed by atoms with Gasteiger partial charge in [-0.2, -0.15) is 0 Å². The SMILES string of the molecule is c1ccc(-c2ccc(N(c3ccc4ccc5ccccc5c4c3)c3ccc4sc5c(-c6ccccc6)cccc5c4c3)cc2-c2ccccc2)cc1. The minimum absolute atomic E-state index is 1.11. The molecule has 2 heteroatoms. The molecule has 0 atom stereocenters. The van der Waals surface area contributed by atoms with Crippen LogP contribution in [0.25, 0.3) is 75.1 Å². The molecule has 244 valence electrons. The van der Waals surface area contributed by atoms with Crippen LogP contribution in [0.1, 0.15) is 0 Å². The highest BCUT2D eigenvalue weighted by molar-refractivity contribution is 7.26. The molecule has 52 heavy (non-hydrogen) atoms. The maximum Gasteiger partial charge on any atom is 0.0468 e. The first-order chi connectivity index (χ1) is 25.8. The van der Waals surface area contributed by atoms with Crippen molar-refractivity contribution in [3.63, 3.8) is 0 Å². The number of nitrogens with zero attached hydrogens (tertiary/aromatic N) is 1. The lowest BCUT2D eigenvalue weighted by molar-refractivity contribution is 1.30. The fraction of sp³-hybridized carbons (Fsp3) is 0. The van der Waals surface area contributed by atoms with Crippen LogP contribution in [-0.4, -0.2) is 0 Å². The van der Waals surface area contributed by atoms with Gasteiger partial charge in [-0.1, -0.05) is 158 Å². The van der Waals surface area contributed by atoms with Gasteiger partial charge in [-0.15, -0.1) is 11.3 Å². The van der Waals surface area contributed by atoms with Gasteiger partial charge >= 0.3 is 0 Å². The van der Waals surface area contributed by atoms with Gasteiger partial charge < -0.3 is 4.90 Å². The summed E-state index contributed by atoms with van der Waals surface area (Å²) >= 11 is 1.88. The second-order valence-corrected chi connectivity index (χ2v) is 14.4. The predicted molar refractivity (Wildman–Crippen MR) is 225 cm³/mol. The molecular formula is C50H33NS. The Hall–Kier alpha value is -6.48. The molecule has 1 aromatic heterocycles. The van der Waals surface area contributed by atoms with Crippen molar-refractivity contribution in [2.24, 2.45) is 0 Å². The second kappa shape index (κ2) is 12.7. The number of hydrogen-bond acceptors (Lipinski definition) is 2. The maximum atomic E-state index is 2.44. The van der Waals surface area contributed by atoms with Crippen LogP contribution in [0.5, 0.6) is 0 Å². The van der Waals surface area contributed by atoms with Gasteiger partial charge in [-0.3, -0.25) is 0 Å². The Balaban J connectivity index is 1.22. The van der Waals surface area contributed by atoms with E-state index in [9.17, 15) is 0 Å². The van der Waals surface area contributed by atoms with Gasteiger partial charge in [0.15, 0.2) is 0 Å². The van der Waals surface area contributed by atoms with E-state index in [-0.39, 0.29) is 0 Å². The van der Waals surface area contributed by atoms with Crippen molar-refractivity contribution in [1.82, 2.24) is 0 Å². The molecule has 0 saturated carbocycles. The number of anilines is 3. The van der Waals surface area contributed by atoms with Crippen LogP contribution >= 0.6 is 11.3 Å². The summed E-state index contributed by atoms with van der Waals surface area (Å²) in [6.45, 7) is 0. The topological polar surface area (TPSA) is 3.24 Å². The molecule has 0 amide bonds. The van der Waals surface area contributed by atoms with E-state index in [0.717, 1.165) is 17.1 Å². The fourth-order valence-electron chi connectivity index (χ4n) is 7.74. The Morgan fingerprint density at radius 1 is 0.308 bits per heavy atom. The number of fused-ring (bicyclic) bond motifs is 6. The Labute approximate surface area is 307 Å². The van der Waals surface area contributed by atoms with E-state index in [4.69, 9.17) is 0 Å². The molecule has 0 saturated heterocycles. The lowest BCUT2D eigenvalue weighted by Crippen LogP contribution is -2.10. The second-order valence-electron chi connectivity index (χ2n) is 13.3. The predicted octanol–water partition coefficient (Wildman–Crippen LogP) is 14.8. The van der Waals surface area contributed by atoms with Crippen LogP contribution < -0.4 is 4.90 Å². The maximum absolute atomic E-state index is 2.44. The summed E-state index contributed by atoms with van der Waals surface area (Å²) in [6, 6.07) is 73.0. The largest absolute Gasteiger partial charge is 0.310 e. The van der Waals surface area contributed by atoms with Crippen LogP contribution in [0.15, 0.2) is 200 Å². The molecule has 1 heterocycles. The number of hydrogen-bond donors (Lipinski definition) is 0. The summed E-state index contributed by atoms with van der Waals surface area (Å²) in [5, 5.41) is 7.56. The molecule has 0 unspecified atom stereocenters. The van der Waals surface area contributed by atoms with E-state index in [1.165, 1.54) is 75.1 Å². The van der Waals surface area contributed by atoms with Crippen molar-refractivity contribution >= 4 is 70.1 Å². The molecular weight excluding hydrogens is 647 g/mol. The van der Waals surface area contributed by atoms with Crippen LogP contribution in [0, 0.1) is 0 Å². The van der Waals surface area contributed by atoms with Gasteiger partial charge in [0.05, 0.1) is 0 Å². The molecule has 1 nitrogen and oxygen atoms in total. The van der Waals surface area contributed by atoms with Crippen LogP contribution in [-0.2, 0) is 0 Å². The molecule has 9 aromatic carbocycles. The van der Waals surface area contributed by atoms with Gasteiger partial charge in [-0.05, 0) is 97.4 Å². The average Bonchev–Trinajstić information content (AvgIpc) is 3.60. The lowest BCUT2D eigenvalue weighted by Gasteiger charge is -2.27. The smallest absolute Gasteiger partial charge is 0.0468 e. The van der Waals surface area contributed by atoms with Crippen molar-refractivity contribution < 1.29 is 0 Å². The molecule has 0 N–H and O–H groups in total. The molecule has 0 aliphatic heterocycles. The standard InChI is InChI=1S/C50H33NS/c1-4-13-34(14-5-1)43-29-27-40(32-46(43)36-17-8-3-9-18-36)51(39-26-25-38-24-23-37-19-10-11-20-42(37)47(38)31-39)41-28-30-49-48(33-41)45-22-12-21-44(50(45)52-49)35-15-6-2-7-16-35/h1-33H. The van der Waals surface area contributed by atoms with Crippen LogP contribution in [0.2, 0.25) is 0 Å². The summed E-state index contributed by atoms with van der Waals surface area (Å²) in [6.07, 6.45) is 0. The average molecular weight is 680 g/mol. The van der Waals surface area contributed by atoms with Crippen molar-refractivity contribution in [2.45, 2.75) is 0 Å². The van der Waals surface area contributed by atoms with E-state index in [2.05, 4.69) is 205 Å². The first kappa shape index (κ1) is 30.4. The summed E-state index contributed by atoms with van der Waals surface area (Å²) in [5.74, 6) is 0. The van der Waals surface area contributed by atoms with E-state index >= 15 is 0 Å². The summed E-state index contributed by atoms with van der Waals surface area (Å²) in [5.41, 5.74) is 10.7. The zero-order valence-corrected chi connectivity index (χ0v) is 29.2. The Morgan fingerprint density at radius 3 is 1.56 bits per heavy atom. The van der Waals surface area contributed by atoms with Crippen LogP contribution in [0.3, 0.4) is 0 Å².